The molecule has 1 N–H and O–H groups in total. The van der Waals surface area contributed by atoms with Crippen LogP contribution in [0.3, 0.4) is 0 Å². The maximum absolute atomic E-state index is 5.32. The van der Waals surface area contributed by atoms with Crippen LogP contribution in [0.5, 0.6) is 0 Å². The molecule has 0 unspecified atom stereocenters. The van der Waals surface area contributed by atoms with Gasteiger partial charge >= 0.3 is 0 Å². The highest BCUT2D eigenvalue weighted by Gasteiger charge is 1.97. The van der Waals surface area contributed by atoms with Gasteiger partial charge < -0.3 is 9.73 Å². The molecule has 1 heterocycles. The van der Waals surface area contributed by atoms with E-state index in [9.17, 15) is 0 Å². The van der Waals surface area contributed by atoms with Gasteiger partial charge in [-0.15, -0.1) is 0 Å². The summed E-state index contributed by atoms with van der Waals surface area (Å²) >= 11 is 0. The van der Waals surface area contributed by atoms with E-state index in [1.165, 1.54) is 10.9 Å². The van der Waals surface area contributed by atoms with Gasteiger partial charge in [0.25, 0.3) is 0 Å². The van der Waals surface area contributed by atoms with Crippen molar-refractivity contribution >= 4 is 11.0 Å². The van der Waals surface area contributed by atoms with Crippen LogP contribution in [0.15, 0.2) is 34.9 Å². The lowest BCUT2D eigenvalue weighted by Crippen LogP contribution is -2.09. The van der Waals surface area contributed by atoms with Gasteiger partial charge in [0, 0.05) is 5.39 Å². The minimum Gasteiger partial charge on any atom is -0.464 e. The van der Waals surface area contributed by atoms with Crippen LogP contribution in [0.25, 0.3) is 11.0 Å². The van der Waals surface area contributed by atoms with Crippen molar-refractivity contribution in [3.05, 3.63) is 36.1 Å². The van der Waals surface area contributed by atoms with Gasteiger partial charge in [0.2, 0.25) is 0 Å². The number of rotatable bonds is 3. The van der Waals surface area contributed by atoms with Crippen molar-refractivity contribution in [1.29, 1.82) is 0 Å². The van der Waals surface area contributed by atoms with E-state index in [2.05, 4.69) is 23.5 Å². The third kappa shape index (κ3) is 1.73. The molecule has 2 aromatic rings. The molecule has 0 saturated heterocycles. The van der Waals surface area contributed by atoms with Crippen LogP contribution in [0.2, 0.25) is 0 Å². The molecule has 1 aromatic heterocycles. The number of hydrogen-bond donors (Lipinski definition) is 1. The Morgan fingerprint density at radius 3 is 3.08 bits per heavy atom. The monoisotopic (exact) mass is 175 g/mol. The number of furan rings is 1. The predicted molar refractivity (Wildman–Crippen MR) is 53.8 cm³/mol. The fourth-order valence-corrected chi connectivity index (χ4v) is 1.42. The third-order valence-corrected chi connectivity index (χ3v) is 2.18. The van der Waals surface area contributed by atoms with E-state index >= 15 is 0 Å². The fraction of sp³-hybridized carbons (Fsp3) is 0.273. The molecule has 1 aromatic carbocycles. The van der Waals surface area contributed by atoms with Crippen LogP contribution < -0.4 is 5.32 Å². The zero-order chi connectivity index (χ0) is 9.10. The van der Waals surface area contributed by atoms with E-state index in [0.29, 0.717) is 0 Å². The Bertz CT molecular complexity index is 392. The van der Waals surface area contributed by atoms with Crippen molar-refractivity contribution in [2.75, 3.05) is 13.6 Å². The molecule has 68 valence electrons. The summed E-state index contributed by atoms with van der Waals surface area (Å²) in [7, 11) is 1.96. The molecule has 0 fully saturated rings. The number of nitrogens with one attached hydrogen (secondary N) is 1. The van der Waals surface area contributed by atoms with Crippen LogP contribution in [0.1, 0.15) is 5.56 Å². The molecular formula is C11H13NO. The minimum absolute atomic E-state index is 0.980. The molecule has 2 heteroatoms. The number of benzene rings is 1. The van der Waals surface area contributed by atoms with E-state index in [1.807, 2.05) is 13.1 Å². The fourth-order valence-electron chi connectivity index (χ4n) is 1.42. The Morgan fingerprint density at radius 1 is 1.31 bits per heavy atom. The Kier molecular flexibility index (Phi) is 2.32. The molecule has 0 radical (unpaired) electrons. The first kappa shape index (κ1) is 8.32. The molecule has 0 aliphatic carbocycles. The van der Waals surface area contributed by atoms with E-state index < -0.39 is 0 Å². The largest absolute Gasteiger partial charge is 0.464 e. The second-order valence-corrected chi connectivity index (χ2v) is 3.15. The molecule has 0 amide bonds. The molecule has 2 rings (SSSR count). The Morgan fingerprint density at radius 2 is 2.23 bits per heavy atom. The predicted octanol–water partition coefficient (Wildman–Crippen LogP) is 2.19. The second-order valence-electron chi connectivity index (χ2n) is 3.15. The van der Waals surface area contributed by atoms with Gasteiger partial charge in [0.05, 0.1) is 6.26 Å². The lowest BCUT2D eigenvalue weighted by molar-refractivity contribution is 0.615. The molecular weight excluding hydrogens is 162 g/mol. The molecule has 0 spiro atoms. The molecule has 0 atom stereocenters. The summed E-state index contributed by atoms with van der Waals surface area (Å²) in [6.45, 7) is 1.01. The number of hydrogen-bond acceptors (Lipinski definition) is 2. The average Bonchev–Trinajstić information content (AvgIpc) is 2.61. The highest BCUT2D eigenvalue weighted by Crippen LogP contribution is 2.16. The first-order chi connectivity index (χ1) is 6.40. The zero-order valence-corrected chi connectivity index (χ0v) is 7.71. The maximum Gasteiger partial charge on any atom is 0.134 e. The number of fused-ring (bicyclic) bond motifs is 1. The smallest absolute Gasteiger partial charge is 0.134 e. The standard InChI is InChI=1S/C11H13NO/c1-12-6-4-9-2-3-10-5-7-13-11(10)8-9/h2-3,5,7-8,12H,4,6H2,1H3. The van der Waals surface area contributed by atoms with Crippen molar-refractivity contribution in [3.8, 4) is 0 Å². The third-order valence-electron chi connectivity index (χ3n) is 2.18. The van der Waals surface area contributed by atoms with Crippen LogP contribution in [-0.4, -0.2) is 13.6 Å². The Labute approximate surface area is 77.6 Å². The summed E-state index contributed by atoms with van der Waals surface area (Å²) in [5.41, 5.74) is 2.30. The first-order valence-corrected chi connectivity index (χ1v) is 4.51. The second kappa shape index (κ2) is 3.62. The Hall–Kier alpha value is -1.28. The van der Waals surface area contributed by atoms with Gasteiger partial charge in [-0.25, -0.2) is 0 Å². The summed E-state index contributed by atoms with van der Waals surface area (Å²) in [6.07, 6.45) is 2.78. The summed E-state index contributed by atoms with van der Waals surface area (Å²) < 4.78 is 5.32. The van der Waals surface area contributed by atoms with E-state index in [0.717, 1.165) is 18.5 Å². The first-order valence-electron chi connectivity index (χ1n) is 4.51. The van der Waals surface area contributed by atoms with E-state index in [4.69, 9.17) is 4.42 Å². The van der Waals surface area contributed by atoms with E-state index in [1.54, 1.807) is 6.26 Å². The molecule has 2 nitrogen and oxygen atoms in total. The summed E-state index contributed by atoms with van der Waals surface area (Å²) in [5, 5.41) is 4.30. The van der Waals surface area contributed by atoms with Crippen molar-refractivity contribution < 1.29 is 4.42 Å². The molecule has 0 aliphatic rings. The summed E-state index contributed by atoms with van der Waals surface area (Å²) in [5.74, 6) is 0. The van der Waals surface area contributed by atoms with Crippen molar-refractivity contribution in [2.24, 2.45) is 0 Å². The van der Waals surface area contributed by atoms with Gasteiger partial charge in [-0.05, 0) is 37.7 Å². The maximum atomic E-state index is 5.32. The molecule has 0 aliphatic heterocycles. The molecule has 0 bridgehead atoms. The average molecular weight is 175 g/mol. The van der Waals surface area contributed by atoms with Crippen LogP contribution in [0.4, 0.5) is 0 Å². The van der Waals surface area contributed by atoms with Crippen LogP contribution in [0, 0.1) is 0 Å². The van der Waals surface area contributed by atoms with Crippen molar-refractivity contribution in [1.82, 2.24) is 5.32 Å². The molecule has 0 saturated carbocycles. The lowest BCUT2D eigenvalue weighted by Gasteiger charge is -1.99. The SMILES string of the molecule is CNCCc1ccc2ccoc2c1. The minimum atomic E-state index is 0.980. The highest BCUT2D eigenvalue weighted by atomic mass is 16.3. The van der Waals surface area contributed by atoms with Crippen molar-refractivity contribution in [2.45, 2.75) is 6.42 Å². The van der Waals surface area contributed by atoms with Gasteiger partial charge in [-0.3, -0.25) is 0 Å². The van der Waals surface area contributed by atoms with Crippen LogP contribution in [-0.2, 0) is 6.42 Å². The van der Waals surface area contributed by atoms with E-state index in [-0.39, 0.29) is 0 Å². The van der Waals surface area contributed by atoms with Crippen LogP contribution >= 0.6 is 0 Å². The normalized spacial score (nSPS) is 10.8. The Balaban J connectivity index is 2.26. The summed E-state index contributed by atoms with van der Waals surface area (Å²) in [6, 6.07) is 8.34. The quantitative estimate of drug-likeness (QED) is 0.773. The van der Waals surface area contributed by atoms with Gasteiger partial charge in [0.15, 0.2) is 0 Å². The molecule has 13 heavy (non-hydrogen) atoms. The zero-order valence-electron chi connectivity index (χ0n) is 7.71. The number of likely N-dealkylation sites (N-methyl/N-ethyl adjacent to an activating group) is 1. The van der Waals surface area contributed by atoms with Gasteiger partial charge in [-0.2, -0.15) is 0 Å². The lowest BCUT2D eigenvalue weighted by atomic mass is 10.1. The highest BCUT2D eigenvalue weighted by molar-refractivity contribution is 5.77. The van der Waals surface area contributed by atoms with Gasteiger partial charge in [0.1, 0.15) is 5.58 Å². The topological polar surface area (TPSA) is 25.2 Å². The van der Waals surface area contributed by atoms with Gasteiger partial charge in [-0.1, -0.05) is 12.1 Å². The van der Waals surface area contributed by atoms with Crippen molar-refractivity contribution in [3.63, 3.8) is 0 Å². The summed E-state index contributed by atoms with van der Waals surface area (Å²) in [4.78, 5) is 0.